The standard InChI is InChI=1S/C9H12N2O2S/c1-6(4-8(10)12)11-9(13)7-2-3-14-5-7/h2-3,5-6H,4H2,1H3,(H2,10,12)(H,11,13)/t6-/m1/s1. The van der Waals surface area contributed by atoms with E-state index in [1.54, 1.807) is 18.4 Å². The molecule has 76 valence electrons. The number of carbonyl (C=O) groups excluding carboxylic acids is 2. The van der Waals surface area contributed by atoms with Gasteiger partial charge in [-0.15, -0.1) is 0 Å². The van der Waals surface area contributed by atoms with Gasteiger partial charge in [0.1, 0.15) is 0 Å². The van der Waals surface area contributed by atoms with E-state index in [0.29, 0.717) is 5.56 Å². The maximum atomic E-state index is 11.4. The van der Waals surface area contributed by atoms with Crippen molar-refractivity contribution in [1.29, 1.82) is 0 Å². The van der Waals surface area contributed by atoms with Gasteiger partial charge in [0, 0.05) is 23.4 Å². The van der Waals surface area contributed by atoms with Gasteiger partial charge in [-0.2, -0.15) is 11.3 Å². The van der Waals surface area contributed by atoms with Crippen molar-refractivity contribution in [3.63, 3.8) is 0 Å². The number of nitrogens with two attached hydrogens (primary N) is 1. The smallest absolute Gasteiger partial charge is 0.252 e. The summed E-state index contributed by atoms with van der Waals surface area (Å²) in [7, 11) is 0. The Morgan fingerprint density at radius 1 is 1.64 bits per heavy atom. The minimum absolute atomic E-state index is 0.163. The first-order valence-corrected chi connectivity index (χ1v) is 5.15. The van der Waals surface area contributed by atoms with E-state index >= 15 is 0 Å². The molecule has 14 heavy (non-hydrogen) atoms. The summed E-state index contributed by atoms with van der Waals surface area (Å²) in [5.74, 6) is -0.580. The van der Waals surface area contributed by atoms with Crippen molar-refractivity contribution >= 4 is 23.2 Å². The fourth-order valence-electron chi connectivity index (χ4n) is 1.05. The Labute approximate surface area is 86.1 Å². The van der Waals surface area contributed by atoms with Gasteiger partial charge in [0.25, 0.3) is 5.91 Å². The van der Waals surface area contributed by atoms with Gasteiger partial charge in [0.2, 0.25) is 5.91 Å². The molecule has 0 aliphatic heterocycles. The summed E-state index contributed by atoms with van der Waals surface area (Å²) >= 11 is 1.46. The highest BCUT2D eigenvalue weighted by Crippen LogP contribution is 2.06. The Morgan fingerprint density at radius 2 is 2.36 bits per heavy atom. The molecule has 0 aliphatic carbocycles. The molecule has 1 atom stereocenters. The lowest BCUT2D eigenvalue weighted by molar-refractivity contribution is -0.118. The van der Waals surface area contributed by atoms with Crippen LogP contribution in [-0.2, 0) is 4.79 Å². The normalized spacial score (nSPS) is 12.1. The molecule has 5 heteroatoms. The lowest BCUT2D eigenvalue weighted by Crippen LogP contribution is -2.35. The second kappa shape index (κ2) is 4.76. The number of nitrogens with one attached hydrogen (secondary N) is 1. The topological polar surface area (TPSA) is 72.2 Å². The van der Waals surface area contributed by atoms with E-state index in [2.05, 4.69) is 5.32 Å². The van der Waals surface area contributed by atoms with E-state index in [1.807, 2.05) is 5.38 Å². The van der Waals surface area contributed by atoms with Crippen LogP contribution < -0.4 is 11.1 Å². The Morgan fingerprint density at radius 3 is 2.86 bits per heavy atom. The molecule has 0 saturated heterocycles. The highest BCUT2D eigenvalue weighted by atomic mass is 32.1. The molecular formula is C9H12N2O2S. The zero-order chi connectivity index (χ0) is 10.6. The SMILES string of the molecule is C[C@H](CC(N)=O)NC(=O)c1ccsc1. The second-order valence-corrected chi connectivity index (χ2v) is 3.84. The highest BCUT2D eigenvalue weighted by Gasteiger charge is 2.11. The van der Waals surface area contributed by atoms with E-state index in [9.17, 15) is 9.59 Å². The fraction of sp³-hybridized carbons (Fsp3) is 0.333. The molecule has 1 aromatic rings. The summed E-state index contributed by atoms with van der Waals surface area (Å²) in [6.07, 6.45) is 0.163. The molecule has 0 aliphatic rings. The van der Waals surface area contributed by atoms with Gasteiger partial charge in [0.05, 0.1) is 0 Å². The summed E-state index contributed by atoms with van der Waals surface area (Å²) in [6.45, 7) is 1.75. The number of thiophene rings is 1. The quantitative estimate of drug-likeness (QED) is 0.772. The molecule has 0 fully saturated rings. The molecule has 1 heterocycles. The van der Waals surface area contributed by atoms with Crippen LogP contribution in [0.4, 0.5) is 0 Å². The molecule has 0 saturated carbocycles. The zero-order valence-corrected chi connectivity index (χ0v) is 8.64. The van der Waals surface area contributed by atoms with E-state index in [4.69, 9.17) is 5.73 Å². The molecular weight excluding hydrogens is 200 g/mol. The summed E-state index contributed by atoms with van der Waals surface area (Å²) in [6, 6.07) is 1.51. The molecule has 4 nitrogen and oxygen atoms in total. The van der Waals surface area contributed by atoms with Gasteiger partial charge in [-0.1, -0.05) is 0 Å². The van der Waals surface area contributed by atoms with Gasteiger partial charge in [-0.05, 0) is 18.4 Å². The maximum absolute atomic E-state index is 11.4. The first kappa shape index (κ1) is 10.7. The van der Waals surface area contributed by atoms with Crippen molar-refractivity contribution in [2.24, 2.45) is 5.73 Å². The fourth-order valence-corrected chi connectivity index (χ4v) is 1.69. The first-order valence-electron chi connectivity index (χ1n) is 4.21. The van der Waals surface area contributed by atoms with Crippen LogP contribution in [0.5, 0.6) is 0 Å². The molecule has 2 amide bonds. The monoisotopic (exact) mass is 212 g/mol. The Hall–Kier alpha value is -1.36. The van der Waals surface area contributed by atoms with Crippen molar-refractivity contribution in [3.8, 4) is 0 Å². The van der Waals surface area contributed by atoms with Crippen LogP contribution in [0.25, 0.3) is 0 Å². The van der Waals surface area contributed by atoms with Crippen LogP contribution in [0.15, 0.2) is 16.8 Å². The lowest BCUT2D eigenvalue weighted by atomic mass is 10.2. The van der Waals surface area contributed by atoms with Gasteiger partial charge in [-0.25, -0.2) is 0 Å². The largest absolute Gasteiger partial charge is 0.370 e. The number of amides is 2. The third kappa shape index (κ3) is 3.18. The Bertz CT molecular complexity index is 322. The number of hydrogen-bond donors (Lipinski definition) is 2. The lowest BCUT2D eigenvalue weighted by Gasteiger charge is -2.10. The molecule has 3 N–H and O–H groups in total. The molecule has 0 spiro atoms. The summed E-state index contributed by atoms with van der Waals surface area (Å²) in [5.41, 5.74) is 5.62. The predicted molar refractivity (Wildman–Crippen MR) is 55.1 cm³/mol. The minimum Gasteiger partial charge on any atom is -0.370 e. The summed E-state index contributed by atoms with van der Waals surface area (Å²) in [4.78, 5) is 22.0. The molecule has 0 aromatic carbocycles. The van der Waals surface area contributed by atoms with E-state index in [-0.39, 0.29) is 18.4 Å². The number of carbonyl (C=O) groups is 2. The van der Waals surface area contributed by atoms with Crippen molar-refractivity contribution in [1.82, 2.24) is 5.32 Å². The van der Waals surface area contributed by atoms with Gasteiger partial charge >= 0.3 is 0 Å². The van der Waals surface area contributed by atoms with Crippen LogP contribution in [0.1, 0.15) is 23.7 Å². The van der Waals surface area contributed by atoms with Crippen LogP contribution in [-0.4, -0.2) is 17.9 Å². The second-order valence-electron chi connectivity index (χ2n) is 3.06. The van der Waals surface area contributed by atoms with Crippen molar-refractivity contribution < 1.29 is 9.59 Å². The van der Waals surface area contributed by atoms with Crippen LogP contribution in [0.3, 0.4) is 0 Å². The van der Waals surface area contributed by atoms with Crippen molar-refractivity contribution in [2.45, 2.75) is 19.4 Å². The highest BCUT2D eigenvalue weighted by molar-refractivity contribution is 7.08. The molecule has 1 rings (SSSR count). The van der Waals surface area contributed by atoms with Crippen molar-refractivity contribution in [2.75, 3.05) is 0 Å². The minimum atomic E-state index is -0.414. The van der Waals surface area contributed by atoms with Crippen LogP contribution in [0, 0.1) is 0 Å². The molecule has 0 bridgehead atoms. The Kier molecular flexibility index (Phi) is 3.64. The number of rotatable bonds is 4. The molecule has 1 aromatic heterocycles. The average molecular weight is 212 g/mol. The van der Waals surface area contributed by atoms with E-state index < -0.39 is 5.91 Å². The van der Waals surface area contributed by atoms with Crippen LogP contribution in [0.2, 0.25) is 0 Å². The number of primary amides is 1. The Balaban J connectivity index is 2.45. The predicted octanol–water partition coefficient (Wildman–Crippen LogP) is 0.742. The van der Waals surface area contributed by atoms with Crippen molar-refractivity contribution in [3.05, 3.63) is 22.4 Å². The first-order chi connectivity index (χ1) is 6.59. The molecule has 0 unspecified atom stereocenters. The molecule has 0 radical (unpaired) electrons. The summed E-state index contributed by atoms with van der Waals surface area (Å²) < 4.78 is 0. The summed E-state index contributed by atoms with van der Waals surface area (Å²) in [5, 5.41) is 6.26. The zero-order valence-electron chi connectivity index (χ0n) is 7.82. The third-order valence-corrected chi connectivity index (χ3v) is 2.35. The average Bonchev–Trinajstić information content (AvgIpc) is 2.53. The van der Waals surface area contributed by atoms with Crippen LogP contribution >= 0.6 is 11.3 Å². The van der Waals surface area contributed by atoms with Gasteiger partial charge in [0.15, 0.2) is 0 Å². The van der Waals surface area contributed by atoms with E-state index in [0.717, 1.165) is 0 Å². The van der Waals surface area contributed by atoms with E-state index in [1.165, 1.54) is 11.3 Å². The third-order valence-electron chi connectivity index (χ3n) is 1.67. The maximum Gasteiger partial charge on any atom is 0.252 e. The van der Waals surface area contributed by atoms with Gasteiger partial charge in [-0.3, -0.25) is 9.59 Å². The number of hydrogen-bond acceptors (Lipinski definition) is 3. The van der Waals surface area contributed by atoms with Gasteiger partial charge < -0.3 is 11.1 Å².